The maximum absolute atomic E-state index is 12.4. The number of carbonyl (C=O) groups excluding carboxylic acids is 2. The van der Waals surface area contributed by atoms with Crippen molar-refractivity contribution >= 4 is 27.6 Å². The SMILES string of the molecule is Cc1cccc(N2C[C@@H](C(=O)OCCOc3ccc(S(N)(=O)=O)cc3)CC2=O)c1C. The molecule has 0 bridgehead atoms. The number of primary sulfonamides is 1. The van der Waals surface area contributed by atoms with Crippen LogP contribution in [-0.2, 0) is 24.3 Å². The Kier molecular flexibility index (Phi) is 6.42. The predicted molar refractivity (Wildman–Crippen MR) is 111 cm³/mol. The van der Waals surface area contributed by atoms with Crippen LogP contribution in [0.3, 0.4) is 0 Å². The monoisotopic (exact) mass is 432 g/mol. The zero-order valence-corrected chi connectivity index (χ0v) is 17.6. The molecule has 1 amide bonds. The standard InChI is InChI=1S/C21H24N2O6S/c1-14-4-3-5-19(15(14)2)23-13-16(12-20(23)24)21(25)29-11-10-28-17-6-8-18(9-7-17)30(22,26)27/h3-9,16H,10-13H2,1-2H3,(H2,22,26,27)/t16-/m0/s1. The summed E-state index contributed by atoms with van der Waals surface area (Å²) in [5, 5.41) is 5.04. The van der Waals surface area contributed by atoms with Gasteiger partial charge in [-0.1, -0.05) is 12.1 Å². The molecule has 0 aliphatic carbocycles. The Labute approximate surface area is 175 Å². The first-order valence-corrected chi connectivity index (χ1v) is 11.0. The van der Waals surface area contributed by atoms with Gasteiger partial charge in [0, 0.05) is 18.7 Å². The van der Waals surface area contributed by atoms with E-state index >= 15 is 0 Å². The molecule has 1 atom stereocenters. The second-order valence-corrected chi connectivity index (χ2v) is 8.72. The van der Waals surface area contributed by atoms with Crippen LogP contribution >= 0.6 is 0 Å². The summed E-state index contributed by atoms with van der Waals surface area (Å²) in [6.07, 6.45) is 0.113. The van der Waals surface area contributed by atoms with Crippen LogP contribution < -0.4 is 14.8 Å². The number of carbonyl (C=O) groups is 2. The number of aryl methyl sites for hydroxylation is 1. The molecule has 9 heteroatoms. The van der Waals surface area contributed by atoms with Crippen molar-refractivity contribution in [2.24, 2.45) is 11.1 Å². The molecule has 2 aromatic carbocycles. The highest BCUT2D eigenvalue weighted by molar-refractivity contribution is 7.89. The van der Waals surface area contributed by atoms with Crippen molar-refractivity contribution in [1.29, 1.82) is 0 Å². The first-order chi connectivity index (χ1) is 14.2. The van der Waals surface area contributed by atoms with Gasteiger partial charge < -0.3 is 14.4 Å². The summed E-state index contributed by atoms with van der Waals surface area (Å²) in [5.74, 6) is -0.636. The molecular weight excluding hydrogens is 408 g/mol. The van der Waals surface area contributed by atoms with Crippen LogP contribution in [0.4, 0.5) is 5.69 Å². The molecule has 0 aromatic heterocycles. The van der Waals surface area contributed by atoms with Crippen molar-refractivity contribution < 1.29 is 27.5 Å². The number of ether oxygens (including phenoxy) is 2. The van der Waals surface area contributed by atoms with Gasteiger partial charge in [0.25, 0.3) is 0 Å². The van der Waals surface area contributed by atoms with Crippen LogP contribution in [0.2, 0.25) is 0 Å². The van der Waals surface area contributed by atoms with E-state index < -0.39 is 21.9 Å². The number of nitrogens with two attached hydrogens (primary N) is 1. The van der Waals surface area contributed by atoms with E-state index in [0.717, 1.165) is 16.8 Å². The number of anilines is 1. The third-order valence-corrected chi connectivity index (χ3v) is 6.00. The lowest BCUT2D eigenvalue weighted by molar-refractivity contribution is -0.149. The number of hydrogen-bond acceptors (Lipinski definition) is 6. The maximum atomic E-state index is 12.4. The molecule has 1 aliphatic heterocycles. The van der Waals surface area contributed by atoms with E-state index in [1.807, 2.05) is 32.0 Å². The summed E-state index contributed by atoms with van der Waals surface area (Å²) in [4.78, 5) is 26.4. The lowest BCUT2D eigenvalue weighted by atomic mass is 10.1. The largest absolute Gasteiger partial charge is 0.490 e. The number of rotatable bonds is 7. The number of nitrogens with zero attached hydrogens (tertiary/aromatic N) is 1. The molecule has 1 fully saturated rings. The Balaban J connectivity index is 1.49. The molecule has 0 spiro atoms. The van der Waals surface area contributed by atoms with Gasteiger partial charge in [-0.3, -0.25) is 9.59 Å². The normalized spacial score (nSPS) is 16.6. The second-order valence-electron chi connectivity index (χ2n) is 7.16. The zero-order valence-electron chi connectivity index (χ0n) is 16.8. The number of esters is 1. The first-order valence-electron chi connectivity index (χ1n) is 9.45. The fourth-order valence-electron chi connectivity index (χ4n) is 3.27. The second kappa shape index (κ2) is 8.85. The lowest BCUT2D eigenvalue weighted by Gasteiger charge is -2.20. The summed E-state index contributed by atoms with van der Waals surface area (Å²) in [6, 6.07) is 11.4. The Morgan fingerprint density at radius 3 is 2.50 bits per heavy atom. The van der Waals surface area contributed by atoms with Crippen LogP contribution in [0, 0.1) is 19.8 Å². The topological polar surface area (TPSA) is 116 Å². The summed E-state index contributed by atoms with van der Waals surface area (Å²) in [6.45, 7) is 4.34. The Bertz CT molecular complexity index is 1050. The average Bonchev–Trinajstić information content (AvgIpc) is 3.08. The van der Waals surface area contributed by atoms with E-state index in [1.54, 1.807) is 4.90 Å². The van der Waals surface area contributed by atoms with E-state index in [1.165, 1.54) is 24.3 Å². The third kappa shape index (κ3) is 4.98. The van der Waals surface area contributed by atoms with Gasteiger partial charge in [-0.25, -0.2) is 13.6 Å². The molecule has 1 saturated heterocycles. The van der Waals surface area contributed by atoms with E-state index in [-0.39, 0.29) is 37.0 Å². The minimum atomic E-state index is -3.76. The van der Waals surface area contributed by atoms with E-state index in [2.05, 4.69) is 0 Å². The number of amides is 1. The summed E-state index contributed by atoms with van der Waals surface area (Å²) >= 11 is 0. The highest BCUT2D eigenvalue weighted by atomic mass is 32.2. The smallest absolute Gasteiger partial charge is 0.311 e. The molecule has 0 radical (unpaired) electrons. The quantitative estimate of drug-likeness (QED) is 0.528. The van der Waals surface area contributed by atoms with Gasteiger partial charge in [-0.05, 0) is 55.3 Å². The number of hydrogen-bond donors (Lipinski definition) is 1. The van der Waals surface area contributed by atoms with E-state index in [9.17, 15) is 18.0 Å². The summed E-state index contributed by atoms with van der Waals surface area (Å²) in [5.41, 5.74) is 2.92. The van der Waals surface area contributed by atoms with E-state index in [0.29, 0.717) is 5.75 Å². The van der Waals surface area contributed by atoms with Crippen molar-refractivity contribution in [2.75, 3.05) is 24.7 Å². The van der Waals surface area contributed by atoms with Crippen LogP contribution in [0.5, 0.6) is 5.75 Å². The molecule has 1 aliphatic rings. The van der Waals surface area contributed by atoms with Crippen LogP contribution in [0.1, 0.15) is 17.5 Å². The molecule has 0 unspecified atom stereocenters. The predicted octanol–water partition coefficient (Wildman–Crippen LogP) is 1.93. The number of sulfonamides is 1. The minimum Gasteiger partial charge on any atom is -0.490 e. The zero-order chi connectivity index (χ0) is 21.9. The fraction of sp³-hybridized carbons (Fsp3) is 0.333. The molecule has 2 N–H and O–H groups in total. The van der Waals surface area contributed by atoms with Gasteiger partial charge in [-0.15, -0.1) is 0 Å². The van der Waals surface area contributed by atoms with Gasteiger partial charge in [0.05, 0.1) is 10.8 Å². The van der Waals surface area contributed by atoms with Crippen LogP contribution in [0.25, 0.3) is 0 Å². The molecule has 160 valence electrons. The molecule has 30 heavy (non-hydrogen) atoms. The molecular formula is C21H24N2O6S. The van der Waals surface area contributed by atoms with Crippen molar-refractivity contribution in [3.63, 3.8) is 0 Å². The van der Waals surface area contributed by atoms with Crippen molar-refractivity contribution in [3.8, 4) is 5.75 Å². The van der Waals surface area contributed by atoms with Crippen LogP contribution in [-0.4, -0.2) is 40.1 Å². The van der Waals surface area contributed by atoms with Gasteiger partial charge in [0.2, 0.25) is 15.9 Å². The third-order valence-electron chi connectivity index (χ3n) is 5.07. The van der Waals surface area contributed by atoms with Crippen LogP contribution in [0.15, 0.2) is 47.4 Å². The highest BCUT2D eigenvalue weighted by Gasteiger charge is 2.36. The number of benzene rings is 2. The minimum absolute atomic E-state index is 0.0134. The lowest BCUT2D eigenvalue weighted by Crippen LogP contribution is -2.27. The van der Waals surface area contributed by atoms with Gasteiger partial charge in [-0.2, -0.15) is 0 Å². The molecule has 8 nitrogen and oxygen atoms in total. The van der Waals surface area contributed by atoms with E-state index in [4.69, 9.17) is 14.6 Å². The molecule has 3 rings (SSSR count). The fourth-order valence-corrected chi connectivity index (χ4v) is 3.79. The van der Waals surface area contributed by atoms with Gasteiger partial charge >= 0.3 is 5.97 Å². The average molecular weight is 432 g/mol. The Hall–Kier alpha value is -2.91. The summed E-state index contributed by atoms with van der Waals surface area (Å²) in [7, 11) is -3.76. The Morgan fingerprint density at radius 2 is 1.83 bits per heavy atom. The molecule has 0 saturated carbocycles. The summed E-state index contributed by atoms with van der Waals surface area (Å²) < 4.78 is 33.1. The van der Waals surface area contributed by atoms with Crippen molar-refractivity contribution in [3.05, 3.63) is 53.6 Å². The molecule has 2 aromatic rings. The molecule has 1 heterocycles. The van der Waals surface area contributed by atoms with Gasteiger partial charge in [0.1, 0.15) is 19.0 Å². The first kappa shape index (κ1) is 21.8. The van der Waals surface area contributed by atoms with Crippen molar-refractivity contribution in [1.82, 2.24) is 0 Å². The van der Waals surface area contributed by atoms with Gasteiger partial charge in [0.15, 0.2) is 0 Å². The maximum Gasteiger partial charge on any atom is 0.311 e. The van der Waals surface area contributed by atoms with Crippen molar-refractivity contribution in [2.45, 2.75) is 25.2 Å². The Morgan fingerprint density at radius 1 is 1.13 bits per heavy atom. The highest BCUT2D eigenvalue weighted by Crippen LogP contribution is 2.29.